The van der Waals surface area contributed by atoms with Crippen LogP contribution in [0.25, 0.3) is 0 Å². The minimum absolute atomic E-state index is 0.00825. The van der Waals surface area contributed by atoms with Crippen molar-refractivity contribution in [3.8, 4) is 0 Å². The van der Waals surface area contributed by atoms with Crippen LogP contribution in [-0.4, -0.2) is 109 Å². The molecule has 2 aromatic carbocycles. The lowest BCUT2D eigenvalue weighted by Gasteiger charge is -2.48. The van der Waals surface area contributed by atoms with Crippen LogP contribution in [-0.2, 0) is 51.1 Å². The average Bonchev–Trinajstić information content (AvgIpc) is 3.11. The molecule has 0 spiro atoms. The lowest BCUT2D eigenvalue weighted by molar-refractivity contribution is -0.356. The van der Waals surface area contributed by atoms with Gasteiger partial charge in [0.1, 0.15) is 36.6 Å². The molecule has 2 aromatic rings. The Morgan fingerprint density at radius 1 is 0.771 bits per heavy atom. The second-order valence-electron chi connectivity index (χ2n) is 12.8. The van der Waals surface area contributed by atoms with Crippen LogP contribution in [0.3, 0.4) is 0 Å². The molecule has 0 saturated carbocycles. The lowest BCUT2D eigenvalue weighted by Crippen LogP contribution is -2.62. The molecular formula is C37H52O11. The minimum Gasteiger partial charge on any atom is -0.394 e. The fourth-order valence-corrected chi connectivity index (χ4v) is 6.57. The summed E-state index contributed by atoms with van der Waals surface area (Å²) in [6.45, 7) is 10.5. The van der Waals surface area contributed by atoms with Gasteiger partial charge in [-0.3, -0.25) is 0 Å². The summed E-state index contributed by atoms with van der Waals surface area (Å²) in [6, 6.07) is 19.9. The highest BCUT2D eigenvalue weighted by Crippen LogP contribution is 2.36. The molecule has 0 aromatic heterocycles. The summed E-state index contributed by atoms with van der Waals surface area (Å²) in [7, 11) is 0. The van der Waals surface area contributed by atoms with Crippen molar-refractivity contribution in [1.82, 2.24) is 0 Å². The largest absolute Gasteiger partial charge is 0.394 e. The van der Waals surface area contributed by atoms with Crippen LogP contribution < -0.4 is 0 Å². The van der Waals surface area contributed by atoms with Crippen molar-refractivity contribution in [3.63, 3.8) is 0 Å². The van der Waals surface area contributed by atoms with E-state index < -0.39 is 61.9 Å². The van der Waals surface area contributed by atoms with E-state index in [1.807, 2.05) is 74.5 Å². The molecule has 0 aliphatic carbocycles. The highest BCUT2D eigenvalue weighted by atomic mass is 16.7. The van der Waals surface area contributed by atoms with Crippen LogP contribution >= 0.6 is 0 Å². The van der Waals surface area contributed by atoms with Gasteiger partial charge in [-0.2, -0.15) is 0 Å². The number of aliphatic hydroxyl groups is 3. The maximum absolute atomic E-state index is 11.2. The van der Waals surface area contributed by atoms with E-state index >= 15 is 0 Å². The van der Waals surface area contributed by atoms with Crippen LogP contribution in [0.1, 0.15) is 44.7 Å². The molecule has 3 saturated heterocycles. The molecule has 5 rings (SSSR count). The number of aliphatic hydroxyl groups excluding tert-OH is 3. The van der Waals surface area contributed by atoms with Crippen molar-refractivity contribution >= 4 is 0 Å². The van der Waals surface area contributed by atoms with Crippen LogP contribution in [0.2, 0.25) is 0 Å². The number of hydrogen-bond donors (Lipinski definition) is 3. The van der Waals surface area contributed by atoms with E-state index in [-0.39, 0.29) is 30.8 Å². The van der Waals surface area contributed by atoms with Gasteiger partial charge in [0.25, 0.3) is 0 Å². The van der Waals surface area contributed by atoms with Crippen LogP contribution in [0.4, 0.5) is 0 Å². The van der Waals surface area contributed by atoms with E-state index in [2.05, 4.69) is 13.5 Å². The number of hydrogen-bond acceptors (Lipinski definition) is 11. The summed E-state index contributed by atoms with van der Waals surface area (Å²) in [4.78, 5) is 0. The molecule has 11 heteroatoms. The summed E-state index contributed by atoms with van der Waals surface area (Å²) < 4.78 is 50.7. The molecule has 13 unspecified atom stereocenters. The van der Waals surface area contributed by atoms with Gasteiger partial charge in [0.2, 0.25) is 0 Å². The Kier molecular flexibility index (Phi) is 14.0. The van der Waals surface area contributed by atoms with Crippen molar-refractivity contribution in [1.29, 1.82) is 0 Å². The van der Waals surface area contributed by atoms with Gasteiger partial charge in [-0.1, -0.05) is 80.6 Å². The second kappa shape index (κ2) is 18.1. The van der Waals surface area contributed by atoms with E-state index in [0.29, 0.717) is 32.7 Å². The third-order valence-electron chi connectivity index (χ3n) is 9.47. The monoisotopic (exact) mass is 672 g/mol. The molecule has 3 aliphatic rings. The molecule has 0 bridgehead atoms. The van der Waals surface area contributed by atoms with Crippen molar-refractivity contribution in [2.45, 2.75) is 120 Å². The zero-order chi connectivity index (χ0) is 34.0. The van der Waals surface area contributed by atoms with Gasteiger partial charge in [-0.25, -0.2) is 0 Å². The third-order valence-corrected chi connectivity index (χ3v) is 9.47. The summed E-state index contributed by atoms with van der Waals surface area (Å²) >= 11 is 0. The van der Waals surface area contributed by atoms with E-state index in [1.54, 1.807) is 0 Å². The van der Waals surface area contributed by atoms with Crippen LogP contribution in [0.5, 0.6) is 0 Å². The predicted molar refractivity (Wildman–Crippen MR) is 176 cm³/mol. The van der Waals surface area contributed by atoms with E-state index in [0.717, 1.165) is 11.1 Å². The molecule has 3 heterocycles. The lowest BCUT2D eigenvalue weighted by atomic mass is 9.90. The second-order valence-corrected chi connectivity index (χ2v) is 12.8. The Bertz CT molecular complexity index is 1220. The molecule has 48 heavy (non-hydrogen) atoms. The first-order valence-corrected chi connectivity index (χ1v) is 17.1. The van der Waals surface area contributed by atoms with Crippen LogP contribution in [0, 0.1) is 5.92 Å². The third kappa shape index (κ3) is 9.09. The maximum Gasteiger partial charge on any atom is 0.187 e. The van der Waals surface area contributed by atoms with Gasteiger partial charge in [0.05, 0.1) is 50.8 Å². The van der Waals surface area contributed by atoms with Gasteiger partial charge in [-0.05, 0) is 30.9 Å². The zero-order valence-corrected chi connectivity index (χ0v) is 28.1. The quantitative estimate of drug-likeness (QED) is 0.240. The van der Waals surface area contributed by atoms with E-state index in [4.69, 9.17) is 37.9 Å². The smallest absolute Gasteiger partial charge is 0.187 e. The molecule has 3 N–H and O–H groups in total. The van der Waals surface area contributed by atoms with E-state index in [1.165, 1.54) is 6.08 Å². The molecule has 0 amide bonds. The average molecular weight is 673 g/mol. The summed E-state index contributed by atoms with van der Waals surface area (Å²) in [6.07, 6.45) is -6.85. The topological polar surface area (TPSA) is 135 Å². The number of benzene rings is 2. The Labute approximate surface area is 283 Å². The van der Waals surface area contributed by atoms with Gasteiger partial charge < -0.3 is 53.2 Å². The Balaban J connectivity index is 1.38. The Hall–Kier alpha value is -2.26. The van der Waals surface area contributed by atoms with E-state index in [9.17, 15) is 15.3 Å². The van der Waals surface area contributed by atoms with Crippen molar-refractivity contribution < 1.29 is 53.2 Å². The maximum atomic E-state index is 11.2. The Morgan fingerprint density at radius 3 is 2.02 bits per heavy atom. The predicted octanol–water partition coefficient (Wildman–Crippen LogP) is 3.52. The molecule has 11 nitrogen and oxygen atoms in total. The highest BCUT2D eigenvalue weighted by molar-refractivity contribution is 5.14. The first-order chi connectivity index (χ1) is 23.3. The summed E-state index contributed by atoms with van der Waals surface area (Å²) in [5.41, 5.74) is 2.06. The van der Waals surface area contributed by atoms with Crippen molar-refractivity contribution in [3.05, 3.63) is 84.4 Å². The normalized spacial score (nSPS) is 37.2. The first-order valence-electron chi connectivity index (χ1n) is 17.1. The standard InChI is InChI=1S/C37H52O11/c1-5-18-42-34-30(39)29(20-38)47-36(31(34)40)46-28-17-19-41-27(6-2)33(28)48-37-35(44-22-26-15-11-8-12-16-26)32(23(3)24(4)45-37)43-21-25-13-9-7-10-14-25/h5,7-16,23-24,27-40H,1,6,17-22H2,2-4H3. The SMILES string of the molecule is C=CCOC1C(O)C(CO)OC(OC2CCOC(CC)C2OC2OC(C)C(C)C(OCc3ccccc3)C2OCc2ccccc2)C1O. The van der Waals surface area contributed by atoms with Crippen molar-refractivity contribution in [2.24, 2.45) is 5.92 Å². The molecular weight excluding hydrogens is 620 g/mol. The summed E-state index contributed by atoms with van der Waals surface area (Å²) in [5, 5.41) is 31.8. The highest BCUT2D eigenvalue weighted by Gasteiger charge is 2.50. The van der Waals surface area contributed by atoms with Gasteiger partial charge in [-0.15, -0.1) is 6.58 Å². The summed E-state index contributed by atoms with van der Waals surface area (Å²) in [5.74, 6) is -0.00825. The minimum atomic E-state index is -1.34. The molecule has 13 atom stereocenters. The fourth-order valence-electron chi connectivity index (χ4n) is 6.57. The van der Waals surface area contributed by atoms with Gasteiger partial charge >= 0.3 is 0 Å². The molecule has 0 radical (unpaired) electrons. The molecule has 3 fully saturated rings. The van der Waals surface area contributed by atoms with Crippen LogP contribution in [0.15, 0.2) is 73.3 Å². The molecule has 266 valence electrons. The van der Waals surface area contributed by atoms with Gasteiger partial charge in [0.15, 0.2) is 12.6 Å². The van der Waals surface area contributed by atoms with Gasteiger partial charge in [0, 0.05) is 12.5 Å². The Morgan fingerprint density at radius 2 is 1.42 bits per heavy atom. The molecule has 3 aliphatic heterocycles. The number of ether oxygens (including phenoxy) is 8. The van der Waals surface area contributed by atoms with Crippen molar-refractivity contribution in [2.75, 3.05) is 19.8 Å². The number of rotatable bonds is 15. The fraction of sp³-hybridized carbons (Fsp3) is 0.622. The zero-order valence-electron chi connectivity index (χ0n) is 28.1. The first kappa shape index (κ1) is 37.0.